The molecule has 2 saturated heterocycles. The van der Waals surface area contributed by atoms with Gasteiger partial charge >= 0.3 is 0 Å². The van der Waals surface area contributed by atoms with E-state index in [0.29, 0.717) is 35.8 Å². The second-order valence-electron chi connectivity index (χ2n) is 11.1. The fourth-order valence-electron chi connectivity index (χ4n) is 5.38. The van der Waals surface area contributed by atoms with E-state index in [2.05, 4.69) is 56.5 Å². The number of pyridine rings is 1. The fourth-order valence-corrected chi connectivity index (χ4v) is 5.38. The molecule has 9 heteroatoms. The van der Waals surface area contributed by atoms with Crippen molar-refractivity contribution < 1.29 is 9.59 Å². The molecular formula is C32H35N7O2. The molecule has 2 aliphatic rings. The second-order valence-corrected chi connectivity index (χ2v) is 11.1. The molecule has 0 saturated carbocycles. The number of aryl methyl sites for hydroxylation is 2. The molecule has 2 amide bonds. The molecule has 0 aliphatic carbocycles. The monoisotopic (exact) mass is 549 g/mol. The summed E-state index contributed by atoms with van der Waals surface area (Å²) < 4.78 is 1.80. The number of benzene rings is 2. The van der Waals surface area contributed by atoms with Crippen molar-refractivity contribution in [2.45, 2.75) is 12.8 Å². The first-order valence-corrected chi connectivity index (χ1v) is 14.0. The number of hydrogen-bond acceptors (Lipinski definition) is 6. The molecule has 210 valence electrons. The van der Waals surface area contributed by atoms with Gasteiger partial charge in [-0.1, -0.05) is 30.3 Å². The van der Waals surface area contributed by atoms with E-state index in [-0.39, 0.29) is 11.8 Å². The highest BCUT2D eigenvalue weighted by Gasteiger charge is 2.32. The number of likely N-dealkylation sites (tertiary alicyclic amines) is 1. The zero-order valence-corrected chi connectivity index (χ0v) is 23.7. The second kappa shape index (κ2) is 11.2. The van der Waals surface area contributed by atoms with Crippen LogP contribution < -0.4 is 10.2 Å². The Morgan fingerprint density at radius 2 is 1.59 bits per heavy atom. The summed E-state index contributed by atoms with van der Waals surface area (Å²) >= 11 is 0. The third-order valence-corrected chi connectivity index (χ3v) is 8.16. The topological polar surface area (TPSA) is 86.6 Å². The quantitative estimate of drug-likeness (QED) is 0.391. The van der Waals surface area contributed by atoms with Crippen LogP contribution in [0.1, 0.15) is 37.8 Å². The molecule has 2 aromatic heterocycles. The first kappa shape index (κ1) is 26.7. The lowest BCUT2D eigenvalue weighted by Crippen LogP contribution is -2.48. The van der Waals surface area contributed by atoms with E-state index in [4.69, 9.17) is 0 Å². The first-order valence-electron chi connectivity index (χ1n) is 14.0. The average Bonchev–Trinajstić information content (AvgIpc) is 3.40. The number of hydrogen-bond donors (Lipinski definition) is 1. The van der Waals surface area contributed by atoms with Crippen molar-refractivity contribution in [1.29, 1.82) is 0 Å². The van der Waals surface area contributed by atoms with Crippen LogP contribution in [-0.4, -0.2) is 82.7 Å². The highest BCUT2D eigenvalue weighted by Crippen LogP contribution is 2.31. The summed E-state index contributed by atoms with van der Waals surface area (Å²) in [4.78, 5) is 37.2. The molecule has 6 rings (SSSR count). The number of nitrogens with zero attached hydrogens (tertiary/aromatic N) is 6. The molecule has 9 nitrogen and oxygen atoms in total. The van der Waals surface area contributed by atoms with Crippen molar-refractivity contribution in [2.24, 2.45) is 7.05 Å². The summed E-state index contributed by atoms with van der Waals surface area (Å²) in [6.45, 7) is 7.11. The Hall–Kier alpha value is -4.50. The Labute approximate surface area is 240 Å². The SMILES string of the molecule is Cc1ccc(C(=O)N2CC(c3ccc(-c4cnn(C)c4)cc3)C2)cc1NC(=O)c1ccc(N2CCN(C)CC2)nc1. The van der Waals surface area contributed by atoms with Gasteiger partial charge in [-0.2, -0.15) is 5.10 Å². The minimum Gasteiger partial charge on any atom is -0.354 e. The van der Waals surface area contributed by atoms with Crippen LogP contribution in [0.4, 0.5) is 11.5 Å². The standard InChI is InChI=1S/C32H35N7O2/c1-22-4-5-25(16-29(22)35-31(40)26-10-11-30(33-17-26)38-14-12-36(2)13-15-38)32(41)39-20-28(21-39)24-8-6-23(7-9-24)27-18-34-37(3)19-27/h4-11,16-19,28H,12-15,20-21H2,1-3H3,(H,35,40). The van der Waals surface area contributed by atoms with E-state index in [9.17, 15) is 9.59 Å². The minimum absolute atomic E-state index is 0.0260. The van der Waals surface area contributed by atoms with Crippen molar-refractivity contribution >= 4 is 23.3 Å². The van der Waals surface area contributed by atoms with Crippen LogP contribution in [0.3, 0.4) is 0 Å². The van der Waals surface area contributed by atoms with Crippen molar-refractivity contribution in [3.05, 3.63) is 95.4 Å². The van der Waals surface area contributed by atoms with Crippen LogP contribution in [0.25, 0.3) is 11.1 Å². The maximum atomic E-state index is 13.3. The Kier molecular flexibility index (Phi) is 7.28. The lowest BCUT2D eigenvalue weighted by atomic mass is 9.90. The van der Waals surface area contributed by atoms with Gasteiger partial charge in [-0.25, -0.2) is 4.98 Å². The lowest BCUT2D eigenvalue weighted by Gasteiger charge is -2.39. The Morgan fingerprint density at radius 1 is 0.854 bits per heavy atom. The van der Waals surface area contributed by atoms with Crippen molar-refractivity contribution in [1.82, 2.24) is 24.6 Å². The number of likely N-dealkylation sites (N-methyl/N-ethyl adjacent to an activating group) is 1. The highest BCUT2D eigenvalue weighted by atomic mass is 16.2. The molecule has 0 spiro atoms. The average molecular weight is 550 g/mol. The Bertz CT molecular complexity index is 1550. The van der Waals surface area contributed by atoms with Crippen LogP contribution in [0, 0.1) is 6.92 Å². The van der Waals surface area contributed by atoms with Gasteiger partial charge in [0, 0.05) is 81.4 Å². The van der Waals surface area contributed by atoms with Gasteiger partial charge in [0.1, 0.15) is 5.82 Å². The summed E-state index contributed by atoms with van der Waals surface area (Å²) in [6, 6.07) is 17.7. The summed E-state index contributed by atoms with van der Waals surface area (Å²) in [5, 5.41) is 7.22. The van der Waals surface area contributed by atoms with Crippen LogP contribution >= 0.6 is 0 Å². The van der Waals surface area contributed by atoms with Gasteiger partial charge in [0.05, 0.1) is 11.8 Å². The van der Waals surface area contributed by atoms with Crippen molar-refractivity contribution in [2.75, 3.05) is 56.5 Å². The summed E-state index contributed by atoms with van der Waals surface area (Å²) in [5.74, 6) is 0.930. The van der Waals surface area contributed by atoms with Crippen LogP contribution in [0.5, 0.6) is 0 Å². The molecule has 0 atom stereocenters. The molecule has 2 fully saturated rings. The minimum atomic E-state index is -0.242. The normalized spacial score (nSPS) is 16.0. The predicted octanol–water partition coefficient (Wildman–Crippen LogP) is 4.03. The lowest BCUT2D eigenvalue weighted by molar-refractivity contribution is 0.0602. The van der Waals surface area contributed by atoms with Gasteiger partial charge in [0.25, 0.3) is 11.8 Å². The van der Waals surface area contributed by atoms with Gasteiger partial charge in [-0.3, -0.25) is 14.3 Å². The molecule has 4 heterocycles. The highest BCUT2D eigenvalue weighted by molar-refractivity contribution is 6.05. The first-order chi connectivity index (χ1) is 19.8. The van der Waals surface area contributed by atoms with Gasteiger partial charge in [0.15, 0.2) is 0 Å². The van der Waals surface area contributed by atoms with Crippen molar-refractivity contribution in [3.8, 4) is 11.1 Å². The summed E-state index contributed by atoms with van der Waals surface area (Å²) in [6.07, 6.45) is 5.48. The number of carbonyl (C=O) groups is 2. The molecule has 41 heavy (non-hydrogen) atoms. The molecule has 4 aromatic rings. The zero-order valence-electron chi connectivity index (χ0n) is 23.7. The van der Waals surface area contributed by atoms with Gasteiger partial charge in [-0.15, -0.1) is 0 Å². The maximum absolute atomic E-state index is 13.3. The number of rotatable bonds is 6. The number of aromatic nitrogens is 3. The number of carbonyl (C=O) groups excluding carboxylic acids is 2. The zero-order chi connectivity index (χ0) is 28.5. The van der Waals surface area contributed by atoms with Crippen molar-refractivity contribution in [3.63, 3.8) is 0 Å². The molecule has 0 bridgehead atoms. The maximum Gasteiger partial charge on any atom is 0.257 e. The smallest absolute Gasteiger partial charge is 0.257 e. The van der Waals surface area contributed by atoms with Gasteiger partial charge in [0.2, 0.25) is 0 Å². The van der Waals surface area contributed by atoms with E-state index in [1.54, 1.807) is 16.9 Å². The summed E-state index contributed by atoms with van der Waals surface area (Å²) in [7, 11) is 4.03. The van der Waals surface area contributed by atoms with E-state index < -0.39 is 0 Å². The molecule has 2 aromatic carbocycles. The molecule has 0 radical (unpaired) electrons. The third kappa shape index (κ3) is 5.71. The molecule has 1 N–H and O–H groups in total. The van der Waals surface area contributed by atoms with E-state index in [1.165, 1.54) is 5.56 Å². The van der Waals surface area contributed by atoms with Crippen LogP contribution in [-0.2, 0) is 7.05 Å². The fraction of sp³-hybridized carbons (Fsp3) is 0.312. The predicted molar refractivity (Wildman–Crippen MR) is 160 cm³/mol. The van der Waals surface area contributed by atoms with E-state index in [0.717, 1.165) is 48.7 Å². The van der Waals surface area contributed by atoms with E-state index >= 15 is 0 Å². The number of piperazine rings is 1. The molecular weight excluding hydrogens is 514 g/mol. The Balaban J connectivity index is 1.06. The third-order valence-electron chi connectivity index (χ3n) is 8.16. The van der Waals surface area contributed by atoms with Crippen LogP contribution in [0.15, 0.2) is 73.2 Å². The number of anilines is 2. The van der Waals surface area contributed by atoms with E-state index in [1.807, 2.05) is 55.5 Å². The van der Waals surface area contributed by atoms with Crippen LogP contribution in [0.2, 0.25) is 0 Å². The molecule has 2 aliphatic heterocycles. The largest absolute Gasteiger partial charge is 0.354 e. The number of nitrogens with one attached hydrogen (secondary N) is 1. The Morgan fingerprint density at radius 3 is 2.24 bits per heavy atom. The number of amides is 2. The van der Waals surface area contributed by atoms with Gasteiger partial charge < -0.3 is 20.0 Å². The molecule has 0 unspecified atom stereocenters. The summed E-state index contributed by atoms with van der Waals surface area (Å²) in [5.41, 5.74) is 6.03. The van der Waals surface area contributed by atoms with Gasteiger partial charge in [-0.05, 0) is 54.9 Å².